The second-order valence-electron chi connectivity index (χ2n) is 6.03. The van der Waals surface area contributed by atoms with E-state index >= 15 is 0 Å². The average molecular weight is 356 g/mol. The van der Waals surface area contributed by atoms with E-state index in [9.17, 15) is 4.79 Å². The Labute approximate surface area is 149 Å². The number of aromatic nitrogens is 2. The summed E-state index contributed by atoms with van der Waals surface area (Å²) < 4.78 is 12.8. The molecule has 0 amide bonds. The molecule has 0 N–H and O–H groups in total. The minimum absolute atomic E-state index is 0.0553. The predicted molar refractivity (Wildman–Crippen MR) is 99.0 cm³/mol. The minimum atomic E-state index is 0.0553. The zero-order chi connectivity index (χ0) is 17.2. The zero-order valence-corrected chi connectivity index (χ0v) is 15.0. The summed E-state index contributed by atoms with van der Waals surface area (Å²) in [4.78, 5) is 19.4. The fourth-order valence-corrected chi connectivity index (χ4v) is 4.46. The Bertz CT molecular complexity index is 944. The summed E-state index contributed by atoms with van der Waals surface area (Å²) in [7, 11) is 0. The fourth-order valence-electron chi connectivity index (χ4n) is 3.24. The van der Waals surface area contributed by atoms with E-state index in [1.54, 1.807) is 22.2 Å². The topological polar surface area (TPSA) is 53.4 Å². The van der Waals surface area contributed by atoms with Crippen LogP contribution in [0.25, 0.3) is 10.2 Å². The first-order valence-corrected chi connectivity index (χ1v) is 9.43. The Morgan fingerprint density at radius 1 is 1.16 bits per heavy atom. The highest BCUT2D eigenvalue weighted by atomic mass is 32.1. The maximum absolute atomic E-state index is 12.8. The highest BCUT2D eigenvalue weighted by Gasteiger charge is 2.21. The molecule has 4 rings (SSSR count). The van der Waals surface area contributed by atoms with Crippen LogP contribution >= 0.6 is 11.3 Å². The third-order valence-corrected chi connectivity index (χ3v) is 5.63. The summed E-state index contributed by atoms with van der Waals surface area (Å²) >= 11 is 1.67. The van der Waals surface area contributed by atoms with E-state index < -0.39 is 0 Å². The first-order valence-electron chi connectivity index (χ1n) is 8.61. The molecule has 0 aliphatic heterocycles. The fraction of sp³-hybridized carbons (Fsp3) is 0.368. The number of rotatable bonds is 6. The van der Waals surface area contributed by atoms with Crippen LogP contribution in [0.5, 0.6) is 11.5 Å². The van der Waals surface area contributed by atoms with Gasteiger partial charge in [-0.05, 0) is 56.0 Å². The van der Waals surface area contributed by atoms with Crippen LogP contribution in [0.4, 0.5) is 0 Å². The Balaban J connectivity index is 1.46. The molecule has 1 aromatic carbocycles. The second kappa shape index (κ2) is 6.88. The maximum Gasteiger partial charge on any atom is 0.262 e. The Kier molecular flexibility index (Phi) is 4.44. The van der Waals surface area contributed by atoms with E-state index in [1.165, 1.54) is 10.4 Å². The first kappa shape index (κ1) is 16.1. The van der Waals surface area contributed by atoms with Crippen LogP contribution in [0.15, 0.2) is 35.4 Å². The number of nitrogens with zero attached hydrogens (tertiary/aromatic N) is 2. The molecule has 5 nitrogen and oxygen atoms in total. The molecule has 3 aromatic rings. The molecule has 0 radical (unpaired) electrons. The number of hydrogen-bond acceptors (Lipinski definition) is 5. The molecule has 25 heavy (non-hydrogen) atoms. The zero-order valence-electron chi connectivity index (χ0n) is 14.2. The summed E-state index contributed by atoms with van der Waals surface area (Å²) in [5.41, 5.74) is 1.28. The number of thiophene rings is 1. The number of ether oxygens (including phenoxy) is 2. The molecule has 0 unspecified atom stereocenters. The van der Waals surface area contributed by atoms with E-state index in [0.717, 1.165) is 41.0 Å². The molecule has 0 fully saturated rings. The van der Waals surface area contributed by atoms with Gasteiger partial charge in [-0.2, -0.15) is 0 Å². The predicted octanol–water partition coefficient (Wildman–Crippen LogP) is 3.42. The number of fused-ring (bicyclic) bond motifs is 3. The molecule has 0 saturated heterocycles. The van der Waals surface area contributed by atoms with Crippen molar-refractivity contribution in [2.75, 3.05) is 13.2 Å². The van der Waals surface area contributed by atoms with Crippen LogP contribution < -0.4 is 15.0 Å². The van der Waals surface area contributed by atoms with E-state index in [4.69, 9.17) is 9.47 Å². The van der Waals surface area contributed by atoms with Crippen LogP contribution in [0.1, 0.15) is 23.8 Å². The van der Waals surface area contributed by atoms with Gasteiger partial charge in [0.25, 0.3) is 5.56 Å². The van der Waals surface area contributed by atoms with E-state index in [-0.39, 0.29) is 5.56 Å². The second-order valence-corrected chi connectivity index (χ2v) is 7.12. The number of aryl methyl sites for hydroxylation is 2. The van der Waals surface area contributed by atoms with Crippen molar-refractivity contribution < 1.29 is 9.47 Å². The van der Waals surface area contributed by atoms with E-state index in [1.807, 2.05) is 31.2 Å². The van der Waals surface area contributed by atoms with Gasteiger partial charge in [-0.15, -0.1) is 11.3 Å². The van der Waals surface area contributed by atoms with Crippen LogP contribution in [-0.4, -0.2) is 22.8 Å². The van der Waals surface area contributed by atoms with Crippen molar-refractivity contribution in [1.29, 1.82) is 0 Å². The molecule has 0 saturated carbocycles. The SMILES string of the molecule is CCOc1ccc(OCCn2cnc3sc4c(c3c2=O)CCC4)cc1. The highest BCUT2D eigenvalue weighted by molar-refractivity contribution is 7.18. The third-order valence-electron chi connectivity index (χ3n) is 4.43. The van der Waals surface area contributed by atoms with Crippen LogP contribution in [0, 0.1) is 0 Å². The van der Waals surface area contributed by atoms with Gasteiger partial charge in [0.2, 0.25) is 0 Å². The van der Waals surface area contributed by atoms with Crippen LogP contribution in [0.2, 0.25) is 0 Å². The van der Waals surface area contributed by atoms with Gasteiger partial charge in [-0.3, -0.25) is 9.36 Å². The molecule has 1 aliphatic rings. The first-order chi connectivity index (χ1) is 12.3. The van der Waals surface area contributed by atoms with Gasteiger partial charge in [0.1, 0.15) is 22.9 Å². The lowest BCUT2D eigenvalue weighted by Crippen LogP contribution is -2.23. The quantitative estimate of drug-likeness (QED) is 0.679. The molecular weight excluding hydrogens is 336 g/mol. The van der Waals surface area contributed by atoms with Crippen molar-refractivity contribution in [2.24, 2.45) is 0 Å². The lowest BCUT2D eigenvalue weighted by molar-refractivity contribution is 0.294. The van der Waals surface area contributed by atoms with Gasteiger partial charge in [0.05, 0.1) is 24.9 Å². The summed E-state index contributed by atoms with van der Waals surface area (Å²) in [6.45, 7) is 3.51. The number of hydrogen-bond donors (Lipinski definition) is 0. The Hall–Kier alpha value is -2.34. The van der Waals surface area contributed by atoms with Gasteiger partial charge in [-0.1, -0.05) is 0 Å². The van der Waals surface area contributed by atoms with Crippen molar-refractivity contribution in [3.05, 3.63) is 51.4 Å². The van der Waals surface area contributed by atoms with E-state index in [2.05, 4.69) is 4.98 Å². The smallest absolute Gasteiger partial charge is 0.262 e. The summed E-state index contributed by atoms with van der Waals surface area (Å²) in [5, 5.41) is 0.820. The lowest BCUT2D eigenvalue weighted by Gasteiger charge is -2.09. The van der Waals surface area contributed by atoms with Crippen molar-refractivity contribution >= 4 is 21.6 Å². The monoisotopic (exact) mass is 356 g/mol. The normalized spacial score (nSPS) is 13.2. The molecule has 6 heteroatoms. The summed E-state index contributed by atoms with van der Waals surface area (Å²) in [6, 6.07) is 7.52. The maximum atomic E-state index is 12.8. The highest BCUT2D eigenvalue weighted by Crippen LogP contribution is 2.34. The van der Waals surface area contributed by atoms with Crippen molar-refractivity contribution in [1.82, 2.24) is 9.55 Å². The summed E-state index contributed by atoms with van der Waals surface area (Å²) in [5.74, 6) is 1.59. The van der Waals surface area contributed by atoms with Crippen LogP contribution in [0.3, 0.4) is 0 Å². The Morgan fingerprint density at radius 2 is 1.92 bits per heavy atom. The van der Waals surface area contributed by atoms with Gasteiger partial charge in [-0.25, -0.2) is 4.98 Å². The largest absolute Gasteiger partial charge is 0.494 e. The average Bonchev–Trinajstić information content (AvgIpc) is 3.19. The molecule has 0 spiro atoms. The van der Waals surface area contributed by atoms with Gasteiger partial charge < -0.3 is 9.47 Å². The Morgan fingerprint density at radius 3 is 2.68 bits per heavy atom. The van der Waals surface area contributed by atoms with Crippen molar-refractivity contribution in [3.8, 4) is 11.5 Å². The van der Waals surface area contributed by atoms with Crippen molar-refractivity contribution in [2.45, 2.75) is 32.7 Å². The molecular formula is C19H20N2O3S. The lowest BCUT2D eigenvalue weighted by atomic mass is 10.2. The summed E-state index contributed by atoms with van der Waals surface area (Å²) in [6.07, 6.45) is 4.86. The van der Waals surface area contributed by atoms with Gasteiger partial charge in [0, 0.05) is 4.88 Å². The molecule has 1 aliphatic carbocycles. The van der Waals surface area contributed by atoms with Crippen molar-refractivity contribution in [3.63, 3.8) is 0 Å². The molecule has 0 atom stereocenters. The van der Waals surface area contributed by atoms with Gasteiger partial charge in [0.15, 0.2) is 0 Å². The van der Waals surface area contributed by atoms with E-state index in [0.29, 0.717) is 19.8 Å². The molecule has 0 bridgehead atoms. The third kappa shape index (κ3) is 3.14. The number of benzene rings is 1. The molecule has 2 aromatic heterocycles. The molecule has 130 valence electrons. The van der Waals surface area contributed by atoms with Crippen LogP contribution in [-0.2, 0) is 19.4 Å². The standard InChI is InChI=1S/C19H20N2O3S/c1-2-23-13-6-8-14(9-7-13)24-11-10-21-12-20-18-17(19(21)22)15-4-3-5-16(15)25-18/h6-9,12H,2-5,10-11H2,1H3. The molecule has 2 heterocycles. The van der Waals surface area contributed by atoms with Gasteiger partial charge >= 0.3 is 0 Å². The minimum Gasteiger partial charge on any atom is -0.494 e.